The number of carbonyl (C=O) groups is 2. The van der Waals surface area contributed by atoms with Crippen molar-refractivity contribution in [3.8, 4) is 5.75 Å². The summed E-state index contributed by atoms with van der Waals surface area (Å²) in [5.74, 6) is 0.845. The number of ether oxygens (including phenoxy) is 1. The Morgan fingerprint density at radius 1 is 1.43 bits per heavy atom. The average molecular weight is 315 g/mol. The van der Waals surface area contributed by atoms with Crippen molar-refractivity contribution < 1.29 is 18.8 Å². The molecule has 2 amide bonds. The zero-order chi connectivity index (χ0) is 16.4. The molecule has 1 aromatic carbocycles. The van der Waals surface area contributed by atoms with Crippen LogP contribution in [0.15, 0.2) is 34.9 Å². The Hall–Kier alpha value is -2.83. The molecule has 1 fully saturated rings. The number of hydrogen-bond donors (Lipinski definition) is 1. The minimum absolute atomic E-state index is 0.140. The zero-order valence-electron chi connectivity index (χ0n) is 12.9. The second-order valence-corrected chi connectivity index (χ2v) is 5.39. The summed E-state index contributed by atoms with van der Waals surface area (Å²) in [4.78, 5) is 26.0. The molecule has 2 aromatic rings. The van der Waals surface area contributed by atoms with Gasteiger partial charge in [0.15, 0.2) is 5.82 Å². The normalized spacial score (nSPS) is 17.4. The van der Waals surface area contributed by atoms with Crippen molar-refractivity contribution in [2.24, 2.45) is 5.92 Å². The lowest BCUT2D eigenvalue weighted by Crippen LogP contribution is -2.28. The molecule has 0 bridgehead atoms. The molecule has 1 aromatic heterocycles. The van der Waals surface area contributed by atoms with Gasteiger partial charge in [0.05, 0.1) is 18.7 Å². The SMILES string of the molecule is COc1ccccc1NC(=O)C1CC(=O)N(c2cc(C)on2)C1. The molecule has 7 heteroatoms. The Morgan fingerprint density at radius 2 is 2.22 bits per heavy atom. The fraction of sp³-hybridized carbons (Fsp3) is 0.312. The number of anilines is 2. The van der Waals surface area contributed by atoms with Crippen LogP contribution in [0.25, 0.3) is 0 Å². The van der Waals surface area contributed by atoms with E-state index < -0.39 is 5.92 Å². The highest BCUT2D eigenvalue weighted by molar-refractivity contribution is 6.03. The highest BCUT2D eigenvalue weighted by Crippen LogP contribution is 2.28. The zero-order valence-corrected chi connectivity index (χ0v) is 12.9. The number of carbonyl (C=O) groups excluding carboxylic acids is 2. The molecule has 0 aliphatic carbocycles. The highest BCUT2D eigenvalue weighted by Gasteiger charge is 2.36. The lowest BCUT2D eigenvalue weighted by Gasteiger charge is -2.14. The molecule has 1 aliphatic rings. The van der Waals surface area contributed by atoms with E-state index in [0.29, 0.717) is 23.0 Å². The summed E-state index contributed by atoms with van der Waals surface area (Å²) in [6, 6.07) is 8.83. The van der Waals surface area contributed by atoms with Gasteiger partial charge in [0.1, 0.15) is 11.5 Å². The van der Waals surface area contributed by atoms with Crippen molar-refractivity contribution in [2.75, 3.05) is 23.9 Å². The van der Waals surface area contributed by atoms with Crippen LogP contribution in [-0.2, 0) is 9.59 Å². The molecule has 1 N–H and O–H groups in total. The van der Waals surface area contributed by atoms with Gasteiger partial charge in [0.2, 0.25) is 11.8 Å². The van der Waals surface area contributed by atoms with Crippen LogP contribution in [0.3, 0.4) is 0 Å². The van der Waals surface area contributed by atoms with Crippen molar-refractivity contribution in [2.45, 2.75) is 13.3 Å². The van der Waals surface area contributed by atoms with Crippen molar-refractivity contribution in [3.63, 3.8) is 0 Å². The maximum absolute atomic E-state index is 12.4. The number of aromatic nitrogens is 1. The van der Waals surface area contributed by atoms with Gasteiger partial charge in [-0.2, -0.15) is 0 Å². The Bertz CT molecular complexity index is 740. The molecule has 1 aliphatic heterocycles. The van der Waals surface area contributed by atoms with Gasteiger partial charge >= 0.3 is 0 Å². The first-order valence-electron chi connectivity index (χ1n) is 7.26. The van der Waals surface area contributed by atoms with Gasteiger partial charge in [-0.25, -0.2) is 0 Å². The number of nitrogens with zero attached hydrogens (tertiary/aromatic N) is 2. The second-order valence-electron chi connectivity index (χ2n) is 5.39. The van der Waals surface area contributed by atoms with Crippen LogP contribution in [-0.4, -0.2) is 30.6 Å². The summed E-state index contributed by atoms with van der Waals surface area (Å²) in [6.45, 7) is 2.04. The van der Waals surface area contributed by atoms with Crippen molar-refractivity contribution >= 4 is 23.3 Å². The van der Waals surface area contributed by atoms with Crippen LogP contribution in [0.5, 0.6) is 5.75 Å². The number of rotatable bonds is 4. The van der Waals surface area contributed by atoms with Gasteiger partial charge in [-0.3, -0.25) is 14.5 Å². The van der Waals surface area contributed by atoms with E-state index in [0.717, 1.165) is 0 Å². The second kappa shape index (κ2) is 6.12. The van der Waals surface area contributed by atoms with Gasteiger partial charge in [0.25, 0.3) is 0 Å². The Balaban J connectivity index is 1.70. The quantitative estimate of drug-likeness (QED) is 0.932. The van der Waals surface area contributed by atoms with Gasteiger partial charge < -0.3 is 14.6 Å². The summed E-state index contributed by atoms with van der Waals surface area (Å²) >= 11 is 0. The third kappa shape index (κ3) is 3.03. The molecule has 7 nitrogen and oxygen atoms in total. The molecule has 120 valence electrons. The molecule has 2 heterocycles. The smallest absolute Gasteiger partial charge is 0.229 e. The number of methoxy groups -OCH3 is 1. The van der Waals surface area contributed by atoms with Crippen molar-refractivity contribution in [3.05, 3.63) is 36.1 Å². The summed E-state index contributed by atoms with van der Waals surface area (Å²) in [5.41, 5.74) is 0.586. The maximum Gasteiger partial charge on any atom is 0.229 e. The molecule has 1 atom stereocenters. The number of hydrogen-bond acceptors (Lipinski definition) is 5. The number of amides is 2. The molecule has 3 rings (SSSR count). The summed E-state index contributed by atoms with van der Waals surface area (Å²) < 4.78 is 10.2. The third-order valence-electron chi connectivity index (χ3n) is 3.75. The van der Waals surface area contributed by atoms with E-state index in [4.69, 9.17) is 9.26 Å². The van der Waals surface area contributed by atoms with Crippen LogP contribution >= 0.6 is 0 Å². The lowest BCUT2D eigenvalue weighted by molar-refractivity contribution is -0.122. The maximum atomic E-state index is 12.4. The van der Waals surface area contributed by atoms with Crippen LogP contribution in [0.2, 0.25) is 0 Å². The van der Waals surface area contributed by atoms with E-state index >= 15 is 0 Å². The standard InChI is InChI=1S/C16H17N3O4/c1-10-7-14(18-23-10)19-9-11(8-15(19)20)16(21)17-12-5-3-4-6-13(12)22-2/h3-7,11H,8-9H2,1-2H3,(H,17,21). The fourth-order valence-electron chi connectivity index (χ4n) is 2.57. The van der Waals surface area contributed by atoms with Gasteiger partial charge in [-0.05, 0) is 19.1 Å². The van der Waals surface area contributed by atoms with E-state index in [1.165, 1.54) is 4.90 Å². The first-order valence-corrected chi connectivity index (χ1v) is 7.26. The Labute approximate surface area is 133 Å². The van der Waals surface area contributed by atoms with Crippen LogP contribution in [0.4, 0.5) is 11.5 Å². The molecule has 1 unspecified atom stereocenters. The minimum Gasteiger partial charge on any atom is -0.495 e. The van der Waals surface area contributed by atoms with Gasteiger partial charge in [-0.15, -0.1) is 0 Å². The Morgan fingerprint density at radius 3 is 2.91 bits per heavy atom. The fourth-order valence-corrected chi connectivity index (χ4v) is 2.57. The summed E-state index contributed by atoms with van der Waals surface area (Å²) in [7, 11) is 1.54. The van der Waals surface area contributed by atoms with Gasteiger partial charge in [0, 0.05) is 19.0 Å². The molecule has 1 saturated heterocycles. The molecule has 23 heavy (non-hydrogen) atoms. The third-order valence-corrected chi connectivity index (χ3v) is 3.75. The lowest BCUT2D eigenvalue weighted by atomic mass is 10.1. The number of benzene rings is 1. The number of para-hydroxylation sites is 2. The number of aryl methyl sites for hydroxylation is 1. The Kier molecular flexibility index (Phi) is 4.01. The van der Waals surface area contributed by atoms with Crippen LogP contribution in [0, 0.1) is 12.8 Å². The van der Waals surface area contributed by atoms with Crippen LogP contribution < -0.4 is 15.0 Å². The number of nitrogens with one attached hydrogen (secondary N) is 1. The van der Waals surface area contributed by atoms with Crippen molar-refractivity contribution in [1.82, 2.24) is 5.16 Å². The molecular formula is C16H17N3O4. The van der Waals surface area contributed by atoms with E-state index in [2.05, 4.69) is 10.5 Å². The topological polar surface area (TPSA) is 84.7 Å². The molecular weight excluding hydrogens is 298 g/mol. The largest absolute Gasteiger partial charge is 0.495 e. The summed E-state index contributed by atoms with van der Waals surface area (Å²) in [6.07, 6.45) is 0.146. The predicted molar refractivity (Wildman–Crippen MR) is 83.3 cm³/mol. The van der Waals surface area contributed by atoms with E-state index in [-0.39, 0.29) is 24.8 Å². The molecule has 0 saturated carbocycles. The van der Waals surface area contributed by atoms with Crippen molar-refractivity contribution in [1.29, 1.82) is 0 Å². The molecule has 0 spiro atoms. The van der Waals surface area contributed by atoms with Gasteiger partial charge in [-0.1, -0.05) is 17.3 Å². The first-order chi connectivity index (χ1) is 11.1. The molecule has 0 radical (unpaired) electrons. The van der Waals surface area contributed by atoms with E-state index in [1.807, 2.05) is 12.1 Å². The summed E-state index contributed by atoms with van der Waals surface area (Å²) in [5, 5.41) is 6.65. The predicted octanol–water partition coefficient (Wildman–Crippen LogP) is 1.98. The van der Waals surface area contributed by atoms with E-state index in [9.17, 15) is 9.59 Å². The first kappa shape index (κ1) is 15.1. The monoisotopic (exact) mass is 315 g/mol. The highest BCUT2D eigenvalue weighted by atomic mass is 16.5. The van der Waals surface area contributed by atoms with E-state index in [1.54, 1.807) is 32.2 Å². The minimum atomic E-state index is -0.440. The van der Waals surface area contributed by atoms with Crippen LogP contribution in [0.1, 0.15) is 12.2 Å². The average Bonchev–Trinajstić information content (AvgIpc) is 3.13.